The van der Waals surface area contributed by atoms with Crippen LogP contribution in [0.2, 0.25) is 0 Å². The van der Waals surface area contributed by atoms with E-state index in [1.807, 2.05) is 11.8 Å². The van der Waals surface area contributed by atoms with Crippen molar-refractivity contribution in [2.45, 2.75) is 0 Å². The third kappa shape index (κ3) is 5.87. The first kappa shape index (κ1) is 18.8. The van der Waals surface area contributed by atoms with E-state index in [-0.39, 0.29) is 29.7 Å². The summed E-state index contributed by atoms with van der Waals surface area (Å²) in [5.74, 6) is 2.79. The van der Waals surface area contributed by atoms with E-state index in [1.165, 1.54) is 12.1 Å². The molecule has 0 aromatic heterocycles. The zero-order valence-corrected chi connectivity index (χ0v) is 15.3. The van der Waals surface area contributed by atoms with Crippen LogP contribution in [0.3, 0.4) is 0 Å². The molecule has 0 aliphatic carbocycles. The van der Waals surface area contributed by atoms with Gasteiger partial charge in [0.15, 0.2) is 5.96 Å². The molecule has 1 aromatic rings. The summed E-state index contributed by atoms with van der Waals surface area (Å²) in [5.41, 5.74) is 6.87. The molecule has 0 unspecified atom stereocenters. The van der Waals surface area contributed by atoms with Crippen molar-refractivity contribution in [2.75, 3.05) is 43.0 Å². The molecular formula is C13H20IN5O2S. The molecule has 0 saturated carbocycles. The second-order valence-corrected chi connectivity index (χ2v) is 5.79. The number of hydrogen-bond donors (Lipinski definition) is 2. The second-order valence-electron chi connectivity index (χ2n) is 4.57. The van der Waals surface area contributed by atoms with Crippen molar-refractivity contribution < 1.29 is 4.92 Å². The third-order valence-corrected chi connectivity index (χ3v) is 4.07. The summed E-state index contributed by atoms with van der Waals surface area (Å²) < 4.78 is 0. The van der Waals surface area contributed by atoms with Gasteiger partial charge in [0, 0.05) is 49.0 Å². The number of nitrogens with two attached hydrogens (primary N) is 1. The Morgan fingerprint density at radius 3 is 2.59 bits per heavy atom. The molecule has 7 nitrogen and oxygen atoms in total. The quantitative estimate of drug-likeness (QED) is 0.183. The van der Waals surface area contributed by atoms with Crippen LogP contribution in [0.4, 0.5) is 11.4 Å². The highest BCUT2D eigenvalue weighted by Crippen LogP contribution is 2.15. The number of nitrogens with zero attached hydrogens (tertiary/aromatic N) is 3. The zero-order valence-electron chi connectivity index (χ0n) is 12.1. The van der Waals surface area contributed by atoms with E-state index in [2.05, 4.69) is 15.2 Å². The van der Waals surface area contributed by atoms with Crippen LogP contribution < -0.4 is 11.1 Å². The predicted octanol–water partition coefficient (Wildman–Crippen LogP) is 1.99. The molecule has 1 aliphatic rings. The first-order valence-corrected chi connectivity index (χ1v) is 7.93. The first-order chi connectivity index (χ1) is 10.2. The highest BCUT2D eigenvalue weighted by atomic mass is 127. The Labute approximate surface area is 150 Å². The van der Waals surface area contributed by atoms with Gasteiger partial charge in [-0.25, -0.2) is 0 Å². The van der Waals surface area contributed by atoms with Gasteiger partial charge in [-0.1, -0.05) is 0 Å². The number of guanidine groups is 1. The average Bonchev–Trinajstić information content (AvgIpc) is 2.52. The molecule has 1 aliphatic heterocycles. The van der Waals surface area contributed by atoms with E-state index < -0.39 is 4.92 Å². The van der Waals surface area contributed by atoms with E-state index in [9.17, 15) is 10.1 Å². The molecule has 0 bridgehead atoms. The van der Waals surface area contributed by atoms with Crippen molar-refractivity contribution >= 4 is 53.1 Å². The highest BCUT2D eigenvalue weighted by Gasteiger charge is 2.11. The van der Waals surface area contributed by atoms with Crippen molar-refractivity contribution in [3.8, 4) is 0 Å². The summed E-state index contributed by atoms with van der Waals surface area (Å²) in [6.45, 7) is 3.12. The molecule has 122 valence electrons. The number of thioether (sulfide) groups is 1. The number of non-ortho nitro benzene ring substituents is 1. The van der Waals surface area contributed by atoms with Gasteiger partial charge in [-0.2, -0.15) is 11.8 Å². The number of nitro groups is 1. The Morgan fingerprint density at radius 2 is 2.00 bits per heavy atom. The van der Waals surface area contributed by atoms with Gasteiger partial charge in [-0.3, -0.25) is 15.1 Å². The lowest BCUT2D eigenvalue weighted by atomic mass is 10.3. The maximum absolute atomic E-state index is 10.5. The van der Waals surface area contributed by atoms with Gasteiger partial charge in [-0.05, 0) is 12.1 Å². The van der Waals surface area contributed by atoms with Crippen LogP contribution in [-0.2, 0) is 0 Å². The normalized spacial score (nSPS) is 15.1. The van der Waals surface area contributed by atoms with Crippen molar-refractivity contribution in [2.24, 2.45) is 10.7 Å². The van der Waals surface area contributed by atoms with Crippen LogP contribution in [0, 0.1) is 10.1 Å². The Balaban J connectivity index is 0.00000242. The molecule has 1 aromatic carbocycles. The van der Waals surface area contributed by atoms with Gasteiger partial charge < -0.3 is 16.0 Å². The first-order valence-electron chi connectivity index (χ1n) is 6.78. The van der Waals surface area contributed by atoms with Crippen LogP contribution >= 0.6 is 35.7 Å². The molecule has 9 heteroatoms. The largest absolute Gasteiger partial charge is 0.383 e. The number of rotatable bonds is 5. The fourth-order valence-electron chi connectivity index (χ4n) is 1.96. The summed E-state index contributed by atoms with van der Waals surface area (Å²) in [4.78, 5) is 16.6. The fraction of sp³-hybridized carbons (Fsp3) is 0.462. The molecule has 0 atom stereocenters. The SMILES string of the molecule is I.NC(=NCCNc1ccc([N+](=O)[O-])cc1)N1CCSCC1. The van der Waals surface area contributed by atoms with Gasteiger partial charge in [0.25, 0.3) is 5.69 Å². The van der Waals surface area contributed by atoms with Crippen LogP contribution in [0.15, 0.2) is 29.3 Å². The van der Waals surface area contributed by atoms with Crippen LogP contribution in [0.5, 0.6) is 0 Å². The lowest BCUT2D eigenvalue weighted by molar-refractivity contribution is -0.384. The smallest absolute Gasteiger partial charge is 0.269 e. The van der Waals surface area contributed by atoms with E-state index in [0.29, 0.717) is 19.0 Å². The number of nitro benzene ring substituents is 1. The fourth-order valence-corrected chi connectivity index (χ4v) is 2.87. The molecule has 1 fully saturated rings. The maximum Gasteiger partial charge on any atom is 0.269 e. The third-order valence-electron chi connectivity index (χ3n) is 3.13. The maximum atomic E-state index is 10.5. The summed E-state index contributed by atoms with van der Waals surface area (Å²) in [5, 5.41) is 13.7. The van der Waals surface area contributed by atoms with E-state index in [0.717, 1.165) is 30.3 Å². The summed E-state index contributed by atoms with van der Waals surface area (Å²) in [7, 11) is 0. The topological polar surface area (TPSA) is 96.8 Å². The van der Waals surface area contributed by atoms with E-state index >= 15 is 0 Å². The minimum Gasteiger partial charge on any atom is -0.383 e. The van der Waals surface area contributed by atoms with Crippen LogP contribution in [0.25, 0.3) is 0 Å². The molecule has 2 rings (SSSR count). The van der Waals surface area contributed by atoms with Gasteiger partial charge in [-0.15, -0.1) is 24.0 Å². The number of aliphatic imine (C=N–C) groups is 1. The molecular weight excluding hydrogens is 417 g/mol. The summed E-state index contributed by atoms with van der Waals surface area (Å²) >= 11 is 1.93. The number of nitrogens with one attached hydrogen (secondary N) is 1. The molecule has 22 heavy (non-hydrogen) atoms. The van der Waals surface area contributed by atoms with Gasteiger partial charge in [0.2, 0.25) is 0 Å². The van der Waals surface area contributed by atoms with E-state index in [1.54, 1.807) is 12.1 Å². The number of halogens is 1. The Bertz CT molecular complexity index is 506. The molecule has 0 radical (unpaired) electrons. The van der Waals surface area contributed by atoms with Crippen molar-refractivity contribution in [1.82, 2.24) is 4.90 Å². The Kier molecular flexibility index (Phi) is 8.31. The number of benzene rings is 1. The van der Waals surface area contributed by atoms with Crippen LogP contribution in [0.1, 0.15) is 0 Å². The molecule has 0 spiro atoms. The van der Waals surface area contributed by atoms with Gasteiger partial charge in [0.1, 0.15) is 0 Å². The Hall–Kier alpha value is -1.23. The lowest BCUT2D eigenvalue weighted by Crippen LogP contribution is -2.42. The zero-order chi connectivity index (χ0) is 15.1. The molecule has 1 saturated heterocycles. The Morgan fingerprint density at radius 1 is 1.36 bits per heavy atom. The van der Waals surface area contributed by atoms with E-state index in [4.69, 9.17) is 5.73 Å². The molecule has 0 amide bonds. The standard InChI is InChI=1S/C13H19N5O2S.HI/c14-13(17-7-9-21-10-8-17)16-6-5-15-11-1-3-12(4-2-11)18(19)20;/h1-4,15H,5-10H2,(H2,14,16);1H. The predicted molar refractivity (Wildman–Crippen MR) is 102 cm³/mol. The van der Waals surface area contributed by atoms with Crippen molar-refractivity contribution in [3.05, 3.63) is 34.4 Å². The lowest BCUT2D eigenvalue weighted by Gasteiger charge is -2.27. The minimum atomic E-state index is -0.411. The van der Waals surface area contributed by atoms with Gasteiger partial charge in [0.05, 0.1) is 11.5 Å². The monoisotopic (exact) mass is 437 g/mol. The number of anilines is 1. The van der Waals surface area contributed by atoms with Crippen molar-refractivity contribution in [1.29, 1.82) is 0 Å². The molecule has 1 heterocycles. The highest BCUT2D eigenvalue weighted by molar-refractivity contribution is 14.0. The van der Waals surface area contributed by atoms with Crippen molar-refractivity contribution in [3.63, 3.8) is 0 Å². The minimum absolute atomic E-state index is 0. The summed E-state index contributed by atoms with van der Waals surface area (Å²) in [6, 6.07) is 6.33. The van der Waals surface area contributed by atoms with Gasteiger partial charge >= 0.3 is 0 Å². The average molecular weight is 437 g/mol. The molecule has 3 N–H and O–H groups in total. The number of hydrogen-bond acceptors (Lipinski definition) is 5. The second kappa shape index (κ2) is 9.72. The summed E-state index contributed by atoms with van der Waals surface area (Å²) in [6.07, 6.45) is 0. The van der Waals surface area contributed by atoms with Crippen LogP contribution in [-0.4, -0.2) is 53.5 Å².